The van der Waals surface area contributed by atoms with Crippen LogP contribution in [0, 0.1) is 15.9 Å². The van der Waals surface area contributed by atoms with E-state index in [0.29, 0.717) is 18.7 Å². The van der Waals surface area contributed by atoms with E-state index in [1.807, 2.05) is 0 Å². The van der Waals surface area contributed by atoms with Gasteiger partial charge in [0.1, 0.15) is 6.10 Å². The number of nitro groups is 1. The Balaban J connectivity index is 1.71. The SMILES string of the molecule is O=C(Nc1ccc(F)c([N+](=O)[O-])c1)c1cccc(NC(=O)C2CCCO2)c1. The number of halogens is 1. The van der Waals surface area contributed by atoms with Crippen molar-refractivity contribution in [3.05, 3.63) is 64.0 Å². The van der Waals surface area contributed by atoms with Gasteiger partial charge in [0.05, 0.1) is 4.92 Å². The number of nitro benzene ring substituents is 1. The number of hydrogen-bond donors (Lipinski definition) is 2. The highest BCUT2D eigenvalue weighted by molar-refractivity contribution is 6.05. The van der Waals surface area contributed by atoms with Crippen molar-refractivity contribution in [2.75, 3.05) is 17.2 Å². The third-order valence-corrected chi connectivity index (χ3v) is 4.02. The van der Waals surface area contributed by atoms with Crippen molar-refractivity contribution >= 4 is 28.9 Å². The molecule has 1 aliphatic rings. The van der Waals surface area contributed by atoms with Gasteiger partial charge in [-0.3, -0.25) is 19.7 Å². The molecule has 2 N–H and O–H groups in total. The maximum absolute atomic E-state index is 13.4. The second kappa shape index (κ2) is 7.92. The predicted molar refractivity (Wildman–Crippen MR) is 95.1 cm³/mol. The van der Waals surface area contributed by atoms with E-state index >= 15 is 0 Å². The highest BCUT2D eigenvalue weighted by atomic mass is 19.1. The van der Waals surface area contributed by atoms with Crippen LogP contribution in [0.1, 0.15) is 23.2 Å². The average Bonchev–Trinajstić information content (AvgIpc) is 3.18. The molecule has 0 spiro atoms. The van der Waals surface area contributed by atoms with Crippen molar-refractivity contribution in [2.24, 2.45) is 0 Å². The normalized spacial score (nSPS) is 16.0. The summed E-state index contributed by atoms with van der Waals surface area (Å²) in [7, 11) is 0. The molecule has 2 aromatic carbocycles. The van der Waals surface area contributed by atoms with Crippen LogP contribution in [0.25, 0.3) is 0 Å². The molecule has 0 saturated carbocycles. The Morgan fingerprint density at radius 2 is 1.93 bits per heavy atom. The number of nitrogens with one attached hydrogen (secondary N) is 2. The topological polar surface area (TPSA) is 111 Å². The van der Waals surface area contributed by atoms with E-state index in [9.17, 15) is 24.1 Å². The minimum absolute atomic E-state index is 0.0851. The number of amides is 2. The van der Waals surface area contributed by atoms with Crippen molar-refractivity contribution < 1.29 is 23.6 Å². The second-order valence-corrected chi connectivity index (χ2v) is 5.95. The Kier molecular flexibility index (Phi) is 5.41. The van der Waals surface area contributed by atoms with Crippen LogP contribution in [0.5, 0.6) is 0 Å². The van der Waals surface area contributed by atoms with Gasteiger partial charge in [-0.1, -0.05) is 6.07 Å². The van der Waals surface area contributed by atoms with Crippen LogP contribution in [0.3, 0.4) is 0 Å². The summed E-state index contributed by atoms with van der Waals surface area (Å²) >= 11 is 0. The van der Waals surface area contributed by atoms with Crippen LogP contribution in [-0.4, -0.2) is 29.4 Å². The van der Waals surface area contributed by atoms with E-state index in [0.717, 1.165) is 18.6 Å². The van der Waals surface area contributed by atoms with Gasteiger partial charge < -0.3 is 15.4 Å². The molecule has 1 heterocycles. The third kappa shape index (κ3) is 4.45. The fourth-order valence-corrected chi connectivity index (χ4v) is 2.68. The number of carbonyl (C=O) groups is 2. The van der Waals surface area contributed by atoms with Crippen LogP contribution >= 0.6 is 0 Å². The Labute approximate surface area is 153 Å². The molecule has 8 nitrogen and oxygen atoms in total. The van der Waals surface area contributed by atoms with Gasteiger partial charge in [0.2, 0.25) is 5.82 Å². The van der Waals surface area contributed by atoms with Crippen LogP contribution in [0.2, 0.25) is 0 Å². The quantitative estimate of drug-likeness (QED) is 0.618. The van der Waals surface area contributed by atoms with E-state index in [1.54, 1.807) is 12.1 Å². The first kappa shape index (κ1) is 18.5. The zero-order chi connectivity index (χ0) is 19.4. The summed E-state index contributed by atoms with van der Waals surface area (Å²) in [6, 6.07) is 9.29. The monoisotopic (exact) mass is 373 g/mol. The van der Waals surface area contributed by atoms with Gasteiger partial charge in [0.15, 0.2) is 0 Å². The zero-order valence-electron chi connectivity index (χ0n) is 14.1. The molecule has 2 amide bonds. The van der Waals surface area contributed by atoms with Gasteiger partial charge in [-0.15, -0.1) is 0 Å². The molecule has 27 heavy (non-hydrogen) atoms. The molecule has 1 aliphatic heterocycles. The molecule has 0 radical (unpaired) electrons. The molecule has 9 heteroatoms. The van der Waals surface area contributed by atoms with Crippen LogP contribution in [0.4, 0.5) is 21.5 Å². The Morgan fingerprint density at radius 3 is 2.63 bits per heavy atom. The average molecular weight is 373 g/mol. The first-order chi connectivity index (χ1) is 12.9. The minimum Gasteiger partial charge on any atom is -0.368 e. The van der Waals surface area contributed by atoms with Crippen molar-refractivity contribution in [2.45, 2.75) is 18.9 Å². The molecule has 0 bridgehead atoms. The van der Waals surface area contributed by atoms with Crippen molar-refractivity contribution in [1.82, 2.24) is 0 Å². The maximum atomic E-state index is 13.4. The van der Waals surface area contributed by atoms with Crippen molar-refractivity contribution in [3.63, 3.8) is 0 Å². The molecule has 3 rings (SSSR count). The molecule has 1 saturated heterocycles. The van der Waals surface area contributed by atoms with Gasteiger partial charge in [0.25, 0.3) is 11.8 Å². The van der Waals surface area contributed by atoms with E-state index < -0.39 is 28.4 Å². The number of ether oxygens (including phenoxy) is 1. The minimum atomic E-state index is -0.989. The number of nitrogens with zero attached hydrogens (tertiary/aromatic N) is 1. The lowest BCUT2D eigenvalue weighted by molar-refractivity contribution is -0.387. The number of carbonyl (C=O) groups excluding carboxylic acids is 2. The van der Waals surface area contributed by atoms with Gasteiger partial charge in [-0.25, -0.2) is 0 Å². The van der Waals surface area contributed by atoms with Crippen LogP contribution in [-0.2, 0) is 9.53 Å². The predicted octanol–water partition coefficient (Wildman–Crippen LogP) is 3.10. The molecule has 0 aliphatic carbocycles. The highest BCUT2D eigenvalue weighted by Gasteiger charge is 2.23. The van der Waals surface area contributed by atoms with Crippen molar-refractivity contribution in [1.29, 1.82) is 0 Å². The number of rotatable bonds is 5. The zero-order valence-corrected chi connectivity index (χ0v) is 14.1. The molecular weight excluding hydrogens is 357 g/mol. The van der Waals surface area contributed by atoms with Gasteiger partial charge >= 0.3 is 5.69 Å². The van der Waals surface area contributed by atoms with E-state index in [2.05, 4.69) is 10.6 Å². The summed E-state index contributed by atoms with van der Waals surface area (Å²) in [5.41, 5.74) is 0.00706. The Morgan fingerprint density at radius 1 is 1.15 bits per heavy atom. The fraction of sp³-hybridized carbons (Fsp3) is 0.222. The molecular formula is C18H16FN3O5. The lowest BCUT2D eigenvalue weighted by Gasteiger charge is -2.11. The number of anilines is 2. The van der Waals surface area contributed by atoms with E-state index in [1.165, 1.54) is 18.2 Å². The third-order valence-electron chi connectivity index (χ3n) is 4.02. The molecule has 1 atom stereocenters. The summed E-state index contributed by atoms with van der Waals surface area (Å²) in [5.74, 6) is -1.82. The molecule has 0 aromatic heterocycles. The smallest absolute Gasteiger partial charge is 0.306 e. The lowest BCUT2D eigenvalue weighted by Crippen LogP contribution is -2.27. The number of benzene rings is 2. The lowest BCUT2D eigenvalue weighted by atomic mass is 10.1. The summed E-state index contributed by atoms with van der Waals surface area (Å²) in [6.07, 6.45) is 0.974. The molecule has 1 unspecified atom stereocenters. The van der Waals surface area contributed by atoms with Crippen LogP contribution in [0.15, 0.2) is 42.5 Å². The Hall–Kier alpha value is -3.33. The maximum Gasteiger partial charge on any atom is 0.306 e. The molecule has 140 valence electrons. The summed E-state index contributed by atoms with van der Waals surface area (Å²) < 4.78 is 18.7. The first-order valence-corrected chi connectivity index (χ1v) is 8.22. The van der Waals surface area contributed by atoms with E-state index in [4.69, 9.17) is 4.74 Å². The van der Waals surface area contributed by atoms with Gasteiger partial charge in [-0.2, -0.15) is 4.39 Å². The molecule has 2 aromatic rings. The van der Waals surface area contributed by atoms with Gasteiger partial charge in [0, 0.05) is 29.6 Å². The Bertz CT molecular complexity index is 896. The van der Waals surface area contributed by atoms with Crippen LogP contribution < -0.4 is 10.6 Å². The highest BCUT2D eigenvalue weighted by Crippen LogP contribution is 2.22. The summed E-state index contributed by atoms with van der Waals surface area (Å²) in [5, 5.41) is 15.9. The standard InChI is InChI=1S/C18H16FN3O5/c19-14-7-6-13(10-15(14)22(25)26)20-17(23)11-3-1-4-12(9-11)21-18(24)16-5-2-8-27-16/h1,3-4,6-7,9-10,16H,2,5,8H2,(H,20,23)(H,21,24). The second-order valence-electron chi connectivity index (χ2n) is 5.95. The summed E-state index contributed by atoms with van der Waals surface area (Å²) in [6.45, 7) is 0.546. The number of hydrogen-bond acceptors (Lipinski definition) is 5. The first-order valence-electron chi connectivity index (χ1n) is 8.22. The van der Waals surface area contributed by atoms with Crippen molar-refractivity contribution in [3.8, 4) is 0 Å². The van der Waals surface area contributed by atoms with E-state index in [-0.39, 0.29) is 17.2 Å². The van der Waals surface area contributed by atoms with Gasteiger partial charge in [-0.05, 0) is 43.2 Å². The molecule has 1 fully saturated rings. The fourth-order valence-electron chi connectivity index (χ4n) is 2.68. The largest absolute Gasteiger partial charge is 0.368 e. The summed E-state index contributed by atoms with van der Waals surface area (Å²) in [4.78, 5) is 34.4.